The molecule has 2 heterocycles. The van der Waals surface area contributed by atoms with Crippen molar-refractivity contribution in [3.8, 4) is 0 Å². The number of aryl methyl sites for hydroxylation is 2. The van der Waals surface area contributed by atoms with Crippen molar-refractivity contribution < 1.29 is 4.79 Å². The van der Waals surface area contributed by atoms with Gasteiger partial charge >= 0.3 is 0 Å². The van der Waals surface area contributed by atoms with Crippen LogP contribution in [0.5, 0.6) is 0 Å². The number of hydrogen-bond donors (Lipinski definition) is 0. The number of hydrogen-bond acceptors (Lipinski definition) is 3. The van der Waals surface area contributed by atoms with E-state index in [-0.39, 0.29) is 14.9 Å². The van der Waals surface area contributed by atoms with Crippen LogP contribution in [0.2, 0.25) is 0 Å². The number of aldehydes is 1. The number of thiophene rings is 2. The van der Waals surface area contributed by atoms with Crippen molar-refractivity contribution in [2.45, 2.75) is 196 Å². The predicted octanol–water partition coefficient (Wildman–Crippen LogP) is 15.8. The maximum atomic E-state index is 10.8. The smallest absolute Gasteiger partial charge is 0.160 e. The van der Waals surface area contributed by atoms with E-state index in [1.807, 2.05) is 5.38 Å². The van der Waals surface area contributed by atoms with Gasteiger partial charge in [-0.25, -0.2) is 0 Å². The van der Waals surface area contributed by atoms with E-state index < -0.39 is 0 Å². The molecule has 2 aromatic heterocycles. The minimum Gasteiger partial charge on any atom is -0.297 e. The van der Waals surface area contributed by atoms with Gasteiger partial charge in [-0.1, -0.05) is 170 Å². The van der Waals surface area contributed by atoms with Crippen LogP contribution in [0.3, 0.4) is 0 Å². The minimum atomic E-state index is 0. The van der Waals surface area contributed by atoms with Gasteiger partial charge in [0, 0.05) is 0 Å². The third-order valence-corrected chi connectivity index (χ3v) is 10.9. The Labute approximate surface area is 286 Å². The van der Waals surface area contributed by atoms with E-state index >= 15 is 0 Å². The van der Waals surface area contributed by atoms with Crippen LogP contribution in [-0.2, 0) is 12.8 Å². The van der Waals surface area contributed by atoms with Crippen LogP contribution < -0.4 is 0 Å². The lowest BCUT2D eigenvalue weighted by molar-refractivity contribution is 0.112. The van der Waals surface area contributed by atoms with Gasteiger partial charge in [0.1, 0.15) is 0 Å². The second-order valence-corrected chi connectivity index (χ2v) is 15.1. The summed E-state index contributed by atoms with van der Waals surface area (Å²) in [6.45, 7) is 4.56. The molecule has 0 aliphatic heterocycles. The molecule has 252 valence electrons. The van der Waals surface area contributed by atoms with Gasteiger partial charge in [-0.15, -0.1) is 22.7 Å². The zero-order valence-corrected chi connectivity index (χ0v) is 30.1. The van der Waals surface area contributed by atoms with E-state index in [1.54, 1.807) is 22.7 Å². The molecule has 0 N–H and O–H groups in total. The molecule has 0 aromatic carbocycles. The SMILES string of the molecule is C.C.CCCCCCCCCCCCCCc1ccsc1Br.CCCCCCCCCCCCCCc1ccsc1C=O. The van der Waals surface area contributed by atoms with Gasteiger partial charge in [-0.3, -0.25) is 4.79 Å². The standard InChI is InChI=1S/C19H32OS.C18H31BrS.2CH4/c1-2-3-4-5-6-7-8-9-10-11-12-13-14-18-15-16-21-19(18)17-20;1-2-3-4-5-6-7-8-9-10-11-12-13-14-17-15-16-20-18(17)19;;/h15-17H,2-14H2,1H3;15-16H,2-14H2,1H3;2*1H4. The summed E-state index contributed by atoms with van der Waals surface area (Å²) >= 11 is 6.99. The van der Waals surface area contributed by atoms with Crippen molar-refractivity contribution in [2.75, 3.05) is 0 Å². The molecule has 0 atom stereocenters. The molecule has 2 rings (SSSR count). The second kappa shape index (κ2) is 34.4. The molecule has 4 heteroatoms. The highest BCUT2D eigenvalue weighted by atomic mass is 79.9. The molecule has 0 aliphatic carbocycles. The van der Waals surface area contributed by atoms with Crippen LogP contribution in [0.1, 0.15) is 204 Å². The summed E-state index contributed by atoms with van der Waals surface area (Å²) in [5.74, 6) is 0. The van der Waals surface area contributed by atoms with Crippen molar-refractivity contribution in [1.82, 2.24) is 0 Å². The van der Waals surface area contributed by atoms with E-state index in [2.05, 4.69) is 47.3 Å². The number of carbonyl (C=O) groups is 1. The maximum Gasteiger partial charge on any atom is 0.160 e. The quantitative estimate of drug-likeness (QED) is 0.0670. The van der Waals surface area contributed by atoms with Crippen LogP contribution in [0.4, 0.5) is 0 Å². The molecule has 0 spiro atoms. The topological polar surface area (TPSA) is 17.1 Å². The lowest BCUT2D eigenvalue weighted by Gasteiger charge is -2.03. The Morgan fingerprint density at radius 1 is 0.512 bits per heavy atom. The molecule has 0 aliphatic rings. The average Bonchev–Trinajstić information content (AvgIpc) is 3.62. The second-order valence-electron chi connectivity index (χ2n) is 11.9. The van der Waals surface area contributed by atoms with E-state index in [1.165, 1.54) is 175 Å². The van der Waals surface area contributed by atoms with Crippen molar-refractivity contribution in [1.29, 1.82) is 0 Å². The number of unbranched alkanes of at least 4 members (excludes halogenated alkanes) is 22. The zero-order chi connectivity index (χ0) is 29.6. The van der Waals surface area contributed by atoms with Gasteiger partial charge in [-0.05, 0) is 75.6 Å². The molecular weight excluding hydrogens is 628 g/mol. The normalized spacial score (nSPS) is 10.5. The molecule has 1 nitrogen and oxygen atoms in total. The Hall–Kier alpha value is -0.450. The van der Waals surface area contributed by atoms with Crippen LogP contribution >= 0.6 is 38.6 Å². The fourth-order valence-electron chi connectivity index (χ4n) is 5.47. The lowest BCUT2D eigenvalue weighted by Crippen LogP contribution is -1.88. The van der Waals surface area contributed by atoms with Crippen LogP contribution in [0.15, 0.2) is 26.7 Å². The third kappa shape index (κ3) is 26.5. The largest absolute Gasteiger partial charge is 0.297 e. The molecule has 0 radical (unpaired) electrons. The van der Waals surface area contributed by atoms with Crippen LogP contribution in [0.25, 0.3) is 0 Å². The Balaban J connectivity index is 0. The highest BCUT2D eigenvalue weighted by Crippen LogP contribution is 2.25. The van der Waals surface area contributed by atoms with E-state index in [9.17, 15) is 4.79 Å². The van der Waals surface area contributed by atoms with Gasteiger partial charge < -0.3 is 0 Å². The third-order valence-electron chi connectivity index (χ3n) is 8.18. The molecule has 43 heavy (non-hydrogen) atoms. The molecule has 0 fully saturated rings. The monoisotopic (exact) mass is 698 g/mol. The van der Waals surface area contributed by atoms with Gasteiger partial charge in [0.2, 0.25) is 0 Å². The molecule has 2 aromatic rings. The first-order chi connectivity index (χ1) is 20.2. The molecule has 0 saturated heterocycles. The van der Waals surface area contributed by atoms with Crippen molar-refractivity contribution in [3.63, 3.8) is 0 Å². The molecule has 0 unspecified atom stereocenters. The lowest BCUT2D eigenvalue weighted by atomic mass is 10.0. The summed E-state index contributed by atoms with van der Waals surface area (Å²) in [6.07, 6.45) is 37.1. The molecule has 0 amide bonds. The van der Waals surface area contributed by atoms with Crippen LogP contribution in [0, 0.1) is 0 Å². The fourth-order valence-corrected chi connectivity index (χ4v) is 7.55. The van der Waals surface area contributed by atoms with Gasteiger partial charge in [0.05, 0.1) is 8.66 Å². The van der Waals surface area contributed by atoms with Gasteiger partial charge in [-0.2, -0.15) is 0 Å². The summed E-state index contributed by atoms with van der Waals surface area (Å²) in [5, 5.41) is 4.21. The Morgan fingerprint density at radius 3 is 1.19 bits per heavy atom. The first-order valence-corrected chi connectivity index (χ1v) is 20.0. The Kier molecular flexibility index (Phi) is 35.8. The van der Waals surface area contributed by atoms with Crippen LogP contribution in [-0.4, -0.2) is 6.29 Å². The first-order valence-electron chi connectivity index (χ1n) is 17.5. The summed E-state index contributed by atoms with van der Waals surface area (Å²) in [7, 11) is 0. The maximum absolute atomic E-state index is 10.8. The summed E-state index contributed by atoms with van der Waals surface area (Å²) < 4.78 is 1.33. The number of carbonyl (C=O) groups excluding carboxylic acids is 1. The van der Waals surface area contributed by atoms with Crippen molar-refractivity contribution in [2.24, 2.45) is 0 Å². The summed E-state index contributed by atoms with van der Waals surface area (Å²) in [4.78, 5) is 11.7. The molecular formula is C39H71BrOS2. The highest BCUT2D eigenvalue weighted by molar-refractivity contribution is 9.11. The minimum absolute atomic E-state index is 0. The van der Waals surface area contributed by atoms with Gasteiger partial charge in [0.15, 0.2) is 6.29 Å². The predicted molar refractivity (Wildman–Crippen MR) is 205 cm³/mol. The summed E-state index contributed by atoms with van der Waals surface area (Å²) in [5.41, 5.74) is 2.75. The van der Waals surface area contributed by atoms with Crippen molar-refractivity contribution >= 4 is 44.9 Å². The van der Waals surface area contributed by atoms with Crippen molar-refractivity contribution in [3.05, 3.63) is 42.7 Å². The molecule has 0 saturated carbocycles. The highest BCUT2D eigenvalue weighted by Gasteiger charge is 2.03. The first kappa shape index (κ1) is 44.7. The van der Waals surface area contributed by atoms with Gasteiger partial charge in [0.25, 0.3) is 0 Å². The number of rotatable bonds is 27. The zero-order valence-electron chi connectivity index (χ0n) is 26.9. The summed E-state index contributed by atoms with van der Waals surface area (Å²) in [6, 6.07) is 4.36. The average molecular weight is 700 g/mol. The Bertz CT molecular complexity index is 812. The fraction of sp³-hybridized carbons (Fsp3) is 0.769. The molecule has 0 bridgehead atoms. The Morgan fingerprint density at radius 2 is 0.837 bits per heavy atom. The van der Waals surface area contributed by atoms with E-state index in [0.29, 0.717) is 0 Å². The number of halogens is 1. The van der Waals surface area contributed by atoms with E-state index in [0.717, 1.165) is 17.6 Å². The van der Waals surface area contributed by atoms with E-state index in [4.69, 9.17) is 0 Å².